The van der Waals surface area contributed by atoms with E-state index in [-0.39, 0.29) is 18.1 Å². The van der Waals surface area contributed by atoms with E-state index in [2.05, 4.69) is 10.1 Å². The molecule has 2 aromatic rings. The number of aromatic nitrogens is 3. The van der Waals surface area contributed by atoms with Gasteiger partial charge in [0.1, 0.15) is 12.3 Å². The Morgan fingerprint density at radius 3 is 2.56 bits per heavy atom. The van der Waals surface area contributed by atoms with Crippen LogP contribution in [0.15, 0.2) is 18.2 Å². The highest BCUT2D eigenvalue weighted by Gasteiger charge is 2.32. The second kappa shape index (κ2) is 7.12. The van der Waals surface area contributed by atoms with E-state index in [1.165, 1.54) is 0 Å². The van der Waals surface area contributed by atoms with Crippen molar-refractivity contribution in [3.8, 4) is 5.75 Å². The number of benzene rings is 1. The van der Waals surface area contributed by atoms with E-state index in [9.17, 15) is 18.0 Å². The Labute approximate surface area is 142 Å². The van der Waals surface area contributed by atoms with E-state index in [0.29, 0.717) is 10.4 Å². The average molecular weight is 356 g/mol. The number of primary amides is 1. The third-order valence-corrected chi connectivity index (χ3v) is 3.56. The second-order valence-electron chi connectivity index (χ2n) is 5.81. The first-order chi connectivity index (χ1) is 11.5. The molecule has 0 aliphatic heterocycles. The summed E-state index contributed by atoms with van der Waals surface area (Å²) in [4.78, 5) is 15.0. The number of hydrogen-bond acceptors (Lipinski definition) is 4. The number of hydrogen-bond donors (Lipinski definition) is 1. The van der Waals surface area contributed by atoms with Crippen LogP contribution in [0, 0.1) is 13.8 Å². The molecule has 2 rings (SSSR count). The SMILES string of the molecule is Cc1ccc(OC(C)c2nc(CC(N)=O)nn2CC(F)(F)F)cc1C. The van der Waals surface area contributed by atoms with Crippen molar-refractivity contribution in [3.05, 3.63) is 41.0 Å². The maximum atomic E-state index is 12.8. The lowest BCUT2D eigenvalue weighted by Crippen LogP contribution is -2.22. The minimum atomic E-state index is -4.48. The van der Waals surface area contributed by atoms with Gasteiger partial charge in [-0.25, -0.2) is 9.67 Å². The molecule has 0 saturated heterocycles. The number of carbonyl (C=O) groups is 1. The van der Waals surface area contributed by atoms with Crippen molar-refractivity contribution in [1.82, 2.24) is 14.8 Å². The minimum absolute atomic E-state index is 0.0215. The Morgan fingerprint density at radius 1 is 1.32 bits per heavy atom. The number of nitrogens with two attached hydrogens (primary N) is 1. The van der Waals surface area contributed by atoms with E-state index in [4.69, 9.17) is 10.5 Å². The first-order valence-electron chi connectivity index (χ1n) is 7.57. The lowest BCUT2D eigenvalue weighted by atomic mass is 10.1. The molecular formula is C16H19F3N4O2. The molecule has 0 radical (unpaired) electrons. The summed E-state index contributed by atoms with van der Waals surface area (Å²) in [7, 11) is 0. The number of nitrogens with zero attached hydrogens (tertiary/aromatic N) is 3. The van der Waals surface area contributed by atoms with Crippen molar-refractivity contribution < 1.29 is 22.7 Å². The van der Waals surface area contributed by atoms with Gasteiger partial charge in [-0.15, -0.1) is 0 Å². The summed E-state index contributed by atoms with van der Waals surface area (Å²) in [5.41, 5.74) is 7.13. The van der Waals surface area contributed by atoms with Crippen LogP contribution >= 0.6 is 0 Å². The molecule has 1 amide bonds. The second-order valence-corrected chi connectivity index (χ2v) is 5.81. The van der Waals surface area contributed by atoms with Gasteiger partial charge in [-0.1, -0.05) is 6.07 Å². The molecule has 0 aliphatic rings. The van der Waals surface area contributed by atoms with Crippen LogP contribution in [0.3, 0.4) is 0 Å². The van der Waals surface area contributed by atoms with E-state index < -0.39 is 24.7 Å². The van der Waals surface area contributed by atoms with Crippen molar-refractivity contribution >= 4 is 5.91 Å². The number of halogens is 3. The van der Waals surface area contributed by atoms with E-state index >= 15 is 0 Å². The van der Waals surface area contributed by atoms with Crippen molar-refractivity contribution in [2.75, 3.05) is 0 Å². The van der Waals surface area contributed by atoms with Gasteiger partial charge in [0.15, 0.2) is 17.8 Å². The van der Waals surface area contributed by atoms with Crippen LogP contribution in [-0.4, -0.2) is 26.8 Å². The fraction of sp³-hybridized carbons (Fsp3) is 0.438. The molecule has 0 aliphatic carbocycles. The number of alkyl halides is 3. The first-order valence-corrected chi connectivity index (χ1v) is 7.57. The fourth-order valence-electron chi connectivity index (χ4n) is 2.26. The minimum Gasteiger partial charge on any atom is -0.483 e. The fourth-order valence-corrected chi connectivity index (χ4v) is 2.26. The number of amides is 1. The number of aryl methyl sites for hydroxylation is 2. The number of ether oxygens (including phenoxy) is 1. The molecule has 25 heavy (non-hydrogen) atoms. The molecule has 1 aromatic heterocycles. The molecule has 0 fully saturated rings. The Kier molecular flexibility index (Phi) is 5.34. The van der Waals surface area contributed by atoms with Crippen LogP contribution in [-0.2, 0) is 17.8 Å². The van der Waals surface area contributed by atoms with Crippen LogP contribution in [0.2, 0.25) is 0 Å². The monoisotopic (exact) mass is 356 g/mol. The summed E-state index contributed by atoms with van der Waals surface area (Å²) >= 11 is 0. The maximum Gasteiger partial charge on any atom is 0.408 e. The predicted molar refractivity (Wildman–Crippen MR) is 83.9 cm³/mol. The van der Waals surface area contributed by atoms with Gasteiger partial charge >= 0.3 is 6.18 Å². The molecule has 136 valence electrons. The molecule has 0 spiro atoms. The van der Waals surface area contributed by atoms with Gasteiger partial charge in [0.2, 0.25) is 5.91 Å². The summed E-state index contributed by atoms with van der Waals surface area (Å²) in [6.07, 6.45) is -5.61. The topological polar surface area (TPSA) is 83.0 Å². The van der Waals surface area contributed by atoms with Crippen LogP contribution in [0.25, 0.3) is 0 Å². The summed E-state index contributed by atoms with van der Waals surface area (Å²) in [6.45, 7) is 4.09. The zero-order chi connectivity index (χ0) is 18.8. The first kappa shape index (κ1) is 18.8. The summed E-state index contributed by atoms with van der Waals surface area (Å²) in [5, 5.41) is 3.73. The molecule has 1 heterocycles. The number of carbonyl (C=O) groups excluding carboxylic acids is 1. The normalized spacial score (nSPS) is 12.9. The molecule has 9 heteroatoms. The third kappa shape index (κ3) is 5.20. The maximum absolute atomic E-state index is 12.8. The number of rotatable bonds is 6. The summed E-state index contributed by atoms with van der Waals surface area (Å²) in [6, 6.07) is 5.38. The molecule has 1 aromatic carbocycles. The van der Waals surface area contributed by atoms with Crippen LogP contribution in [0.1, 0.15) is 35.8 Å². The lowest BCUT2D eigenvalue weighted by Gasteiger charge is -2.16. The van der Waals surface area contributed by atoms with Gasteiger partial charge in [0.05, 0.1) is 6.42 Å². The Balaban J connectivity index is 2.28. The highest BCUT2D eigenvalue weighted by Crippen LogP contribution is 2.25. The molecule has 0 saturated carbocycles. The van der Waals surface area contributed by atoms with Crippen molar-refractivity contribution in [2.45, 2.75) is 46.0 Å². The highest BCUT2D eigenvalue weighted by atomic mass is 19.4. The highest BCUT2D eigenvalue weighted by molar-refractivity contribution is 5.75. The molecule has 2 N–H and O–H groups in total. The van der Waals surface area contributed by atoms with Gasteiger partial charge in [-0.2, -0.15) is 18.3 Å². The van der Waals surface area contributed by atoms with Gasteiger partial charge in [-0.05, 0) is 44.0 Å². The van der Waals surface area contributed by atoms with E-state index in [1.54, 1.807) is 19.1 Å². The van der Waals surface area contributed by atoms with Crippen LogP contribution in [0.5, 0.6) is 5.75 Å². The Hall–Kier alpha value is -2.58. The molecule has 0 bridgehead atoms. The third-order valence-electron chi connectivity index (χ3n) is 3.56. The van der Waals surface area contributed by atoms with Crippen molar-refractivity contribution in [2.24, 2.45) is 5.73 Å². The van der Waals surface area contributed by atoms with Gasteiger partial charge in [0, 0.05) is 0 Å². The quantitative estimate of drug-likeness (QED) is 0.862. The standard InChI is InChI=1S/C16H19F3N4O2/c1-9-4-5-12(6-10(9)2)25-11(3)15-21-14(7-13(20)24)22-23(15)8-16(17,18)19/h4-6,11H,7-8H2,1-3H3,(H2,20,24). The van der Waals surface area contributed by atoms with Crippen molar-refractivity contribution in [1.29, 1.82) is 0 Å². The smallest absolute Gasteiger partial charge is 0.408 e. The molecule has 6 nitrogen and oxygen atoms in total. The average Bonchev–Trinajstić information content (AvgIpc) is 2.82. The molecule has 1 atom stereocenters. The predicted octanol–water partition coefficient (Wildman–Crippen LogP) is 2.63. The lowest BCUT2D eigenvalue weighted by molar-refractivity contribution is -0.143. The van der Waals surface area contributed by atoms with Gasteiger partial charge < -0.3 is 10.5 Å². The van der Waals surface area contributed by atoms with Crippen LogP contribution < -0.4 is 10.5 Å². The largest absolute Gasteiger partial charge is 0.483 e. The summed E-state index contributed by atoms with van der Waals surface area (Å²) in [5.74, 6) is -0.305. The van der Waals surface area contributed by atoms with Gasteiger partial charge in [-0.3, -0.25) is 4.79 Å². The van der Waals surface area contributed by atoms with E-state index in [1.807, 2.05) is 19.9 Å². The van der Waals surface area contributed by atoms with Crippen LogP contribution in [0.4, 0.5) is 13.2 Å². The van der Waals surface area contributed by atoms with E-state index in [0.717, 1.165) is 11.1 Å². The zero-order valence-corrected chi connectivity index (χ0v) is 14.1. The Bertz CT molecular complexity index is 771. The van der Waals surface area contributed by atoms with Gasteiger partial charge in [0.25, 0.3) is 0 Å². The van der Waals surface area contributed by atoms with Crippen molar-refractivity contribution in [3.63, 3.8) is 0 Å². The molecular weight excluding hydrogens is 337 g/mol. The zero-order valence-electron chi connectivity index (χ0n) is 14.1. The molecule has 1 unspecified atom stereocenters. The Morgan fingerprint density at radius 2 is 2.00 bits per heavy atom. The summed E-state index contributed by atoms with van der Waals surface area (Å²) < 4.78 is 44.7.